The maximum absolute atomic E-state index is 5.62. The maximum Gasteiger partial charge on any atom is 0.157 e. The molecule has 60 valence electrons. The van der Waals surface area contributed by atoms with E-state index in [1.165, 1.54) is 0 Å². The number of methoxy groups -OCH3 is 1. The second-order valence-electron chi connectivity index (χ2n) is 2.51. The number of ether oxygens (including phenoxy) is 2. The molecule has 1 heterocycles. The Balaban J connectivity index is 2.25. The van der Waals surface area contributed by atoms with Gasteiger partial charge in [0.25, 0.3) is 0 Å². The molecule has 10 heavy (non-hydrogen) atoms. The van der Waals surface area contributed by atoms with Crippen LogP contribution in [0.3, 0.4) is 0 Å². The second kappa shape index (κ2) is 4.16. The van der Waals surface area contributed by atoms with E-state index in [-0.39, 0.29) is 12.4 Å². The van der Waals surface area contributed by atoms with Gasteiger partial charge in [-0.15, -0.1) is 11.6 Å². The average molecular weight is 165 g/mol. The number of hydrogen-bond donors (Lipinski definition) is 0. The van der Waals surface area contributed by atoms with Crippen LogP contribution in [-0.4, -0.2) is 25.4 Å². The molecule has 0 saturated carbocycles. The molecule has 0 spiro atoms. The predicted octanol–water partition coefficient (Wildman–Crippen LogP) is 1.77. The molecule has 0 aromatic carbocycles. The molecule has 0 bridgehead atoms. The van der Waals surface area contributed by atoms with Crippen LogP contribution in [0.4, 0.5) is 0 Å². The van der Waals surface area contributed by atoms with Crippen LogP contribution in [0.2, 0.25) is 0 Å². The Labute approximate surface area is 66.5 Å². The molecule has 2 unspecified atom stereocenters. The van der Waals surface area contributed by atoms with Crippen molar-refractivity contribution in [1.29, 1.82) is 0 Å². The third-order valence-electron chi connectivity index (χ3n) is 1.75. The van der Waals surface area contributed by atoms with Crippen LogP contribution >= 0.6 is 11.6 Å². The highest BCUT2D eigenvalue weighted by Crippen LogP contribution is 2.19. The summed E-state index contributed by atoms with van der Waals surface area (Å²) in [5, 5.41) is 0. The summed E-state index contributed by atoms with van der Waals surface area (Å²) in [6.45, 7) is 0. The minimum Gasteiger partial charge on any atom is -0.356 e. The molecule has 0 aromatic rings. The number of hydrogen-bond acceptors (Lipinski definition) is 2. The minimum atomic E-state index is -0.0162. The number of alkyl halides is 1. The first-order valence-corrected chi connectivity index (χ1v) is 4.14. The Hall–Kier alpha value is 0.210. The topological polar surface area (TPSA) is 18.5 Å². The van der Waals surface area contributed by atoms with E-state index in [1.54, 1.807) is 7.11 Å². The molecule has 1 fully saturated rings. The van der Waals surface area contributed by atoms with Gasteiger partial charge in [0, 0.05) is 13.0 Å². The Kier molecular flexibility index (Phi) is 3.46. The van der Waals surface area contributed by atoms with E-state index >= 15 is 0 Å². The van der Waals surface area contributed by atoms with E-state index < -0.39 is 0 Å². The highest BCUT2D eigenvalue weighted by Gasteiger charge is 2.20. The standard InChI is InChI=1S/C7H13ClO2/c1-9-7-4-2-3-6(5-8)10-7/h6-7H,2-5H2,1H3. The molecule has 0 aliphatic carbocycles. The van der Waals surface area contributed by atoms with Gasteiger partial charge in [-0.05, 0) is 19.3 Å². The Bertz CT molecular complexity index is 87.6. The monoisotopic (exact) mass is 164 g/mol. The molecule has 0 radical (unpaired) electrons. The Morgan fingerprint density at radius 2 is 2.40 bits per heavy atom. The fraction of sp³-hybridized carbons (Fsp3) is 1.00. The smallest absolute Gasteiger partial charge is 0.157 e. The molecule has 1 rings (SSSR count). The zero-order valence-electron chi connectivity index (χ0n) is 6.18. The van der Waals surface area contributed by atoms with Crippen molar-refractivity contribution in [3.63, 3.8) is 0 Å². The minimum absolute atomic E-state index is 0.0162. The molecular weight excluding hydrogens is 152 g/mol. The number of halogens is 1. The second-order valence-corrected chi connectivity index (χ2v) is 2.82. The molecule has 2 nitrogen and oxygen atoms in total. The molecule has 1 saturated heterocycles. The van der Waals surface area contributed by atoms with Gasteiger partial charge >= 0.3 is 0 Å². The normalized spacial score (nSPS) is 34.2. The first-order chi connectivity index (χ1) is 4.86. The fourth-order valence-electron chi connectivity index (χ4n) is 1.15. The van der Waals surface area contributed by atoms with Crippen molar-refractivity contribution in [2.24, 2.45) is 0 Å². The van der Waals surface area contributed by atoms with Crippen molar-refractivity contribution in [2.75, 3.05) is 13.0 Å². The van der Waals surface area contributed by atoms with Gasteiger partial charge in [-0.1, -0.05) is 0 Å². The molecule has 0 N–H and O–H groups in total. The first-order valence-electron chi connectivity index (χ1n) is 3.61. The van der Waals surface area contributed by atoms with Crippen LogP contribution in [0.25, 0.3) is 0 Å². The summed E-state index contributed by atoms with van der Waals surface area (Å²) < 4.78 is 10.5. The molecule has 1 aliphatic rings. The van der Waals surface area contributed by atoms with Gasteiger partial charge in [-0.2, -0.15) is 0 Å². The van der Waals surface area contributed by atoms with Gasteiger partial charge in [0.15, 0.2) is 6.29 Å². The summed E-state index contributed by atoms with van der Waals surface area (Å²) in [5.41, 5.74) is 0. The van der Waals surface area contributed by atoms with E-state index in [9.17, 15) is 0 Å². The maximum atomic E-state index is 5.62. The van der Waals surface area contributed by atoms with Crippen LogP contribution in [0, 0.1) is 0 Å². The molecular formula is C7H13ClO2. The highest BCUT2D eigenvalue weighted by molar-refractivity contribution is 6.18. The average Bonchev–Trinajstić information content (AvgIpc) is 2.05. The molecule has 1 aliphatic heterocycles. The fourth-order valence-corrected chi connectivity index (χ4v) is 1.38. The lowest BCUT2D eigenvalue weighted by molar-refractivity contribution is -0.173. The van der Waals surface area contributed by atoms with Crippen LogP contribution in [0.5, 0.6) is 0 Å². The van der Waals surface area contributed by atoms with Gasteiger partial charge < -0.3 is 9.47 Å². The summed E-state index contributed by atoms with van der Waals surface area (Å²) in [7, 11) is 1.67. The molecule has 3 heteroatoms. The first kappa shape index (κ1) is 8.31. The van der Waals surface area contributed by atoms with Crippen molar-refractivity contribution in [2.45, 2.75) is 31.7 Å². The van der Waals surface area contributed by atoms with Crippen LogP contribution in [0.15, 0.2) is 0 Å². The van der Waals surface area contributed by atoms with Gasteiger partial charge in [0.05, 0.1) is 6.10 Å². The van der Waals surface area contributed by atoms with Crippen molar-refractivity contribution >= 4 is 11.6 Å². The quantitative estimate of drug-likeness (QED) is 0.580. The van der Waals surface area contributed by atoms with Gasteiger partial charge in [0.2, 0.25) is 0 Å². The summed E-state index contributed by atoms with van der Waals surface area (Å²) in [6, 6.07) is 0. The summed E-state index contributed by atoms with van der Waals surface area (Å²) >= 11 is 5.62. The third-order valence-corrected chi connectivity index (χ3v) is 2.09. The third kappa shape index (κ3) is 2.11. The Morgan fingerprint density at radius 3 is 3.00 bits per heavy atom. The van der Waals surface area contributed by atoms with Gasteiger partial charge in [0.1, 0.15) is 0 Å². The predicted molar refractivity (Wildman–Crippen MR) is 40.2 cm³/mol. The van der Waals surface area contributed by atoms with E-state index in [4.69, 9.17) is 21.1 Å². The lowest BCUT2D eigenvalue weighted by Crippen LogP contribution is -2.29. The van der Waals surface area contributed by atoms with Crippen molar-refractivity contribution < 1.29 is 9.47 Å². The Morgan fingerprint density at radius 1 is 1.60 bits per heavy atom. The summed E-state index contributed by atoms with van der Waals surface area (Å²) in [5.74, 6) is 0.583. The zero-order valence-corrected chi connectivity index (χ0v) is 6.93. The van der Waals surface area contributed by atoms with E-state index in [0.29, 0.717) is 5.88 Å². The van der Waals surface area contributed by atoms with E-state index in [2.05, 4.69) is 0 Å². The largest absolute Gasteiger partial charge is 0.356 e. The van der Waals surface area contributed by atoms with Crippen LogP contribution < -0.4 is 0 Å². The van der Waals surface area contributed by atoms with Crippen molar-refractivity contribution in [3.05, 3.63) is 0 Å². The summed E-state index contributed by atoms with van der Waals surface area (Å²) in [6.07, 6.45) is 3.43. The lowest BCUT2D eigenvalue weighted by atomic mass is 10.1. The van der Waals surface area contributed by atoms with Crippen molar-refractivity contribution in [3.8, 4) is 0 Å². The van der Waals surface area contributed by atoms with E-state index in [1.807, 2.05) is 0 Å². The SMILES string of the molecule is COC1CCCC(CCl)O1. The molecule has 0 aromatic heterocycles. The van der Waals surface area contributed by atoms with Crippen molar-refractivity contribution in [1.82, 2.24) is 0 Å². The number of rotatable bonds is 2. The van der Waals surface area contributed by atoms with Gasteiger partial charge in [-0.3, -0.25) is 0 Å². The van der Waals surface area contributed by atoms with E-state index in [0.717, 1.165) is 19.3 Å². The van der Waals surface area contributed by atoms with Crippen LogP contribution in [0.1, 0.15) is 19.3 Å². The summed E-state index contributed by atoms with van der Waals surface area (Å²) in [4.78, 5) is 0. The van der Waals surface area contributed by atoms with Crippen LogP contribution in [-0.2, 0) is 9.47 Å². The van der Waals surface area contributed by atoms with Gasteiger partial charge in [-0.25, -0.2) is 0 Å². The zero-order chi connectivity index (χ0) is 7.40. The molecule has 2 atom stereocenters. The highest BCUT2D eigenvalue weighted by atomic mass is 35.5. The molecule has 0 amide bonds. The lowest BCUT2D eigenvalue weighted by Gasteiger charge is -2.27.